The molecule has 0 spiro atoms. The average Bonchev–Trinajstić information content (AvgIpc) is 3.04. The van der Waals surface area contributed by atoms with Gasteiger partial charge >= 0.3 is 0 Å². The number of fused-ring (bicyclic) bond motifs is 1. The van der Waals surface area contributed by atoms with Crippen molar-refractivity contribution in [2.75, 3.05) is 13.7 Å². The monoisotopic (exact) mass is 329 g/mol. The van der Waals surface area contributed by atoms with Gasteiger partial charge in [-0.3, -0.25) is 0 Å². The lowest BCUT2D eigenvalue weighted by molar-refractivity contribution is 0.165. The van der Waals surface area contributed by atoms with E-state index in [1.807, 2.05) is 31.2 Å². The minimum Gasteiger partial charge on any atom is -0.493 e. The van der Waals surface area contributed by atoms with Crippen LogP contribution in [0, 0.1) is 5.82 Å². The van der Waals surface area contributed by atoms with Crippen molar-refractivity contribution in [1.29, 1.82) is 0 Å². The van der Waals surface area contributed by atoms with Gasteiger partial charge in [-0.25, -0.2) is 4.39 Å². The summed E-state index contributed by atoms with van der Waals surface area (Å²) in [5.41, 5.74) is 0.974. The van der Waals surface area contributed by atoms with Crippen LogP contribution in [0.4, 0.5) is 4.39 Å². The van der Waals surface area contributed by atoms with Crippen LogP contribution in [0.3, 0.4) is 0 Å². The molecule has 24 heavy (non-hydrogen) atoms. The highest BCUT2D eigenvalue weighted by atomic mass is 19.1. The number of nitrogens with one attached hydrogen (secondary N) is 1. The first kappa shape index (κ1) is 16.5. The minimum absolute atomic E-state index is 0.136. The highest BCUT2D eigenvalue weighted by Gasteiger charge is 2.17. The van der Waals surface area contributed by atoms with Crippen molar-refractivity contribution in [2.24, 2.45) is 0 Å². The summed E-state index contributed by atoms with van der Waals surface area (Å²) in [5, 5.41) is 14.3. The summed E-state index contributed by atoms with van der Waals surface area (Å²) in [5.74, 6) is 1.00. The molecule has 4 nitrogen and oxygen atoms in total. The van der Waals surface area contributed by atoms with E-state index in [1.165, 1.54) is 6.07 Å². The molecule has 0 aliphatic carbocycles. The summed E-state index contributed by atoms with van der Waals surface area (Å²) in [6.45, 7) is 2.15. The van der Waals surface area contributed by atoms with Gasteiger partial charge in [0.2, 0.25) is 0 Å². The van der Waals surface area contributed by atoms with Crippen LogP contribution in [0.5, 0.6) is 5.75 Å². The van der Waals surface area contributed by atoms with E-state index in [4.69, 9.17) is 9.15 Å². The van der Waals surface area contributed by atoms with Crippen molar-refractivity contribution < 1.29 is 18.7 Å². The third kappa shape index (κ3) is 3.27. The maximum Gasteiger partial charge on any atom is 0.176 e. The van der Waals surface area contributed by atoms with Gasteiger partial charge in [0.15, 0.2) is 11.3 Å². The fourth-order valence-electron chi connectivity index (χ4n) is 2.67. The summed E-state index contributed by atoms with van der Waals surface area (Å²) in [4.78, 5) is 0. The maximum atomic E-state index is 13.7. The van der Waals surface area contributed by atoms with Gasteiger partial charge in [0.25, 0.3) is 0 Å². The number of hydrogen-bond donors (Lipinski definition) is 2. The molecule has 1 heterocycles. The largest absolute Gasteiger partial charge is 0.493 e. The molecule has 126 valence electrons. The molecule has 0 radical (unpaired) electrons. The van der Waals surface area contributed by atoms with E-state index >= 15 is 0 Å². The zero-order valence-electron chi connectivity index (χ0n) is 13.6. The second-order valence-corrected chi connectivity index (χ2v) is 5.69. The summed E-state index contributed by atoms with van der Waals surface area (Å²) < 4.78 is 24.9. The Balaban J connectivity index is 1.71. The van der Waals surface area contributed by atoms with Crippen molar-refractivity contribution in [1.82, 2.24) is 5.32 Å². The number of furan rings is 1. The lowest BCUT2D eigenvalue weighted by Crippen LogP contribution is -2.24. The molecule has 0 aliphatic rings. The second kappa shape index (κ2) is 7.03. The van der Waals surface area contributed by atoms with Gasteiger partial charge in [-0.1, -0.05) is 30.3 Å². The zero-order valence-corrected chi connectivity index (χ0v) is 13.6. The third-order valence-electron chi connectivity index (χ3n) is 4.06. The summed E-state index contributed by atoms with van der Waals surface area (Å²) >= 11 is 0. The number of ether oxygens (including phenoxy) is 1. The summed E-state index contributed by atoms with van der Waals surface area (Å²) in [6, 6.07) is 13.7. The number of para-hydroxylation sites is 1. The number of halogens is 1. The van der Waals surface area contributed by atoms with Gasteiger partial charge in [-0.15, -0.1) is 0 Å². The van der Waals surface area contributed by atoms with Gasteiger partial charge in [0.1, 0.15) is 11.6 Å². The Hall–Kier alpha value is -2.37. The Morgan fingerprint density at radius 2 is 2.00 bits per heavy atom. The predicted octanol–water partition coefficient (Wildman–Crippen LogP) is 3.96. The first-order valence-corrected chi connectivity index (χ1v) is 7.82. The maximum absolute atomic E-state index is 13.7. The topological polar surface area (TPSA) is 54.6 Å². The highest BCUT2D eigenvalue weighted by molar-refractivity contribution is 5.83. The molecule has 0 amide bonds. The number of aliphatic hydroxyl groups excluding tert-OH is 1. The van der Waals surface area contributed by atoms with E-state index in [0.29, 0.717) is 11.3 Å². The van der Waals surface area contributed by atoms with E-state index in [-0.39, 0.29) is 18.2 Å². The molecule has 0 fully saturated rings. The molecule has 3 aromatic rings. The molecule has 2 N–H and O–H groups in total. The number of benzene rings is 2. The summed E-state index contributed by atoms with van der Waals surface area (Å²) in [7, 11) is 1.60. The highest BCUT2D eigenvalue weighted by Crippen LogP contribution is 2.31. The molecule has 2 atom stereocenters. The van der Waals surface area contributed by atoms with E-state index < -0.39 is 11.9 Å². The SMILES string of the molecule is COc1cccc2cc(C(C)NCC(O)c3ccccc3F)oc12. The van der Waals surface area contributed by atoms with E-state index in [2.05, 4.69) is 5.32 Å². The molecule has 0 aliphatic heterocycles. The van der Waals surface area contributed by atoms with E-state index in [0.717, 1.165) is 11.1 Å². The van der Waals surface area contributed by atoms with Crippen LogP contribution in [-0.2, 0) is 0 Å². The number of hydrogen-bond acceptors (Lipinski definition) is 4. The Morgan fingerprint density at radius 1 is 1.21 bits per heavy atom. The fourth-order valence-corrected chi connectivity index (χ4v) is 2.67. The number of rotatable bonds is 6. The first-order chi connectivity index (χ1) is 11.6. The Kier molecular flexibility index (Phi) is 4.83. The zero-order chi connectivity index (χ0) is 17.1. The van der Waals surface area contributed by atoms with E-state index in [9.17, 15) is 9.50 Å². The lowest BCUT2D eigenvalue weighted by atomic mass is 10.1. The van der Waals surface area contributed by atoms with Crippen LogP contribution < -0.4 is 10.1 Å². The molecule has 1 aromatic heterocycles. The Morgan fingerprint density at radius 3 is 2.75 bits per heavy atom. The Bertz CT molecular complexity index is 830. The normalized spacial score (nSPS) is 13.8. The van der Waals surface area contributed by atoms with Gasteiger partial charge in [-0.2, -0.15) is 0 Å². The van der Waals surface area contributed by atoms with E-state index in [1.54, 1.807) is 25.3 Å². The molecule has 0 saturated heterocycles. The van der Waals surface area contributed by atoms with Crippen molar-refractivity contribution in [2.45, 2.75) is 19.1 Å². The average molecular weight is 329 g/mol. The molecule has 0 saturated carbocycles. The van der Waals surface area contributed by atoms with Crippen LogP contribution in [0.2, 0.25) is 0 Å². The molecule has 5 heteroatoms. The third-order valence-corrected chi connectivity index (χ3v) is 4.06. The van der Waals surface area contributed by atoms with Crippen molar-refractivity contribution in [3.05, 3.63) is 65.7 Å². The quantitative estimate of drug-likeness (QED) is 0.718. The van der Waals surface area contributed by atoms with Gasteiger partial charge in [-0.05, 0) is 25.1 Å². The van der Waals surface area contributed by atoms with Crippen LogP contribution in [0.25, 0.3) is 11.0 Å². The van der Waals surface area contributed by atoms with Crippen LogP contribution in [-0.4, -0.2) is 18.8 Å². The van der Waals surface area contributed by atoms with Crippen molar-refractivity contribution >= 4 is 11.0 Å². The van der Waals surface area contributed by atoms with Crippen LogP contribution in [0.1, 0.15) is 30.4 Å². The number of methoxy groups -OCH3 is 1. The van der Waals surface area contributed by atoms with Gasteiger partial charge < -0.3 is 19.6 Å². The van der Waals surface area contributed by atoms with Gasteiger partial charge in [0.05, 0.1) is 19.3 Å². The molecule has 0 bridgehead atoms. The van der Waals surface area contributed by atoms with Crippen molar-refractivity contribution in [3.63, 3.8) is 0 Å². The molecule has 2 aromatic carbocycles. The lowest BCUT2D eigenvalue weighted by Gasteiger charge is -2.16. The molecular formula is C19H20FNO3. The first-order valence-electron chi connectivity index (χ1n) is 7.82. The predicted molar refractivity (Wildman–Crippen MR) is 90.5 cm³/mol. The molecular weight excluding hydrogens is 309 g/mol. The van der Waals surface area contributed by atoms with Crippen LogP contribution >= 0.6 is 0 Å². The minimum atomic E-state index is -0.924. The standard InChI is InChI=1S/C19H20FNO3/c1-12(21-11-16(22)14-7-3-4-8-15(14)20)18-10-13-6-5-9-17(23-2)19(13)24-18/h3-10,12,16,21-22H,11H2,1-2H3. The van der Waals surface area contributed by atoms with Crippen LogP contribution in [0.15, 0.2) is 52.9 Å². The smallest absolute Gasteiger partial charge is 0.176 e. The second-order valence-electron chi connectivity index (χ2n) is 5.69. The summed E-state index contributed by atoms with van der Waals surface area (Å²) in [6.07, 6.45) is -0.924. The molecule has 2 unspecified atom stereocenters. The molecule has 3 rings (SSSR count). The number of aliphatic hydroxyl groups is 1. The van der Waals surface area contributed by atoms with Gasteiger partial charge in [0, 0.05) is 17.5 Å². The fraction of sp³-hybridized carbons (Fsp3) is 0.263. The van der Waals surface area contributed by atoms with Crippen molar-refractivity contribution in [3.8, 4) is 5.75 Å². The Labute approximate surface area is 139 Å².